The molecular formula is C44H51F4N7O6. The number of fused-ring (bicyclic) bond motifs is 2. The number of carbonyl (C=O) groups is 3. The van der Waals surface area contributed by atoms with E-state index in [1.54, 1.807) is 42.6 Å². The topological polar surface area (TPSA) is 154 Å². The summed E-state index contributed by atoms with van der Waals surface area (Å²) >= 11 is 0. The molecule has 0 fully saturated rings. The van der Waals surface area contributed by atoms with Crippen molar-refractivity contribution in [3.63, 3.8) is 0 Å². The number of nitrogens with one attached hydrogen (secondary N) is 2. The van der Waals surface area contributed by atoms with Crippen molar-refractivity contribution in [2.24, 2.45) is 5.92 Å². The highest BCUT2D eigenvalue weighted by Gasteiger charge is 2.34. The van der Waals surface area contributed by atoms with Gasteiger partial charge in [-0.15, -0.1) is 0 Å². The molecule has 326 valence electrons. The summed E-state index contributed by atoms with van der Waals surface area (Å²) in [5, 5.41) is 8.05. The highest BCUT2D eigenvalue weighted by molar-refractivity contribution is 5.98. The van der Waals surface area contributed by atoms with Gasteiger partial charge in [0.05, 0.1) is 34.8 Å². The number of benzene rings is 2. The number of aryl methyl sites for hydroxylation is 2. The summed E-state index contributed by atoms with van der Waals surface area (Å²) in [7, 11) is 0. The zero-order valence-electron chi connectivity index (χ0n) is 35.3. The van der Waals surface area contributed by atoms with Crippen LogP contribution in [0.15, 0.2) is 48.9 Å². The van der Waals surface area contributed by atoms with Crippen LogP contribution in [0.5, 0.6) is 0 Å². The molecule has 6 rings (SSSR count). The van der Waals surface area contributed by atoms with Crippen molar-refractivity contribution in [1.29, 1.82) is 0 Å². The summed E-state index contributed by atoms with van der Waals surface area (Å²) in [5.74, 6) is -1.87. The van der Waals surface area contributed by atoms with Crippen molar-refractivity contribution in [3.05, 3.63) is 88.3 Å². The number of alkyl carbamates (subject to hydrolysis) is 1. The highest BCUT2D eigenvalue weighted by atomic mass is 19.4. The van der Waals surface area contributed by atoms with Gasteiger partial charge in [-0.2, -0.15) is 18.3 Å². The lowest BCUT2D eigenvalue weighted by atomic mass is 9.95. The van der Waals surface area contributed by atoms with Crippen LogP contribution in [0.2, 0.25) is 0 Å². The van der Waals surface area contributed by atoms with Gasteiger partial charge < -0.3 is 29.4 Å². The molecule has 17 heteroatoms. The van der Waals surface area contributed by atoms with E-state index in [-0.39, 0.29) is 43.4 Å². The van der Waals surface area contributed by atoms with Crippen LogP contribution in [0.3, 0.4) is 0 Å². The molecule has 3 aromatic heterocycles. The number of H-pyrrole nitrogens is 1. The number of alkyl halides is 3. The number of rotatable bonds is 14. The summed E-state index contributed by atoms with van der Waals surface area (Å²) in [6.45, 7) is 13.1. The van der Waals surface area contributed by atoms with E-state index in [0.717, 1.165) is 29.2 Å². The summed E-state index contributed by atoms with van der Waals surface area (Å²) in [4.78, 5) is 51.8. The van der Waals surface area contributed by atoms with Gasteiger partial charge in [0, 0.05) is 66.6 Å². The van der Waals surface area contributed by atoms with Crippen molar-refractivity contribution in [2.45, 2.75) is 112 Å². The molecule has 2 N–H and O–H groups in total. The normalized spacial score (nSPS) is 13.6. The standard InChI is InChI=1S/C44H51F4N7O6/c1-8-26-11-10-12-27(9-2)38(26)55-39(31-22-54(18-16-33(31)53-55)41-50-20-29(21-51-41)44(46,47)48)36-30-15-17-49-37(30)28(19-32(36)45)24-60-40(57)34(52-42(58)61-43(5,6)7)13-14-35(56)59-23-25(3)4/h10-12,15,17,19-21,25,34,49H,8-9,13-14,16,18,22-24H2,1-7H3,(H,52,58)/t34-/m0/s1. The Morgan fingerprint density at radius 3 is 2.30 bits per heavy atom. The zero-order valence-corrected chi connectivity index (χ0v) is 35.3. The third kappa shape index (κ3) is 10.3. The molecule has 0 spiro atoms. The lowest BCUT2D eigenvalue weighted by molar-refractivity contribution is -0.149. The number of nitrogens with zero attached hydrogens (tertiary/aromatic N) is 5. The first-order chi connectivity index (χ1) is 28.9. The molecule has 61 heavy (non-hydrogen) atoms. The van der Waals surface area contributed by atoms with Gasteiger partial charge in [-0.05, 0) is 69.2 Å². The van der Waals surface area contributed by atoms with E-state index in [1.807, 2.05) is 45.9 Å². The molecule has 5 aromatic rings. The molecule has 0 saturated carbocycles. The Morgan fingerprint density at radius 2 is 1.67 bits per heavy atom. The molecule has 0 aliphatic carbocycles. The van der Waals surface area contributed by atoms with Gasteiger partial charge in [-0.3, -0.25) is 4.79 Å². The Kier molecular flexibility index (Phi) is 13.4. The van der Waals surface area contributed by atoms with E-state index < -0.39 is 53.8 Å². The van der Waals surface area contributed by atoms with Crippen molar-refractivity contribution >= 4 is 34.9 Å². The van der Waals surface area contributed by atoms with Gasteiger partial charge in [0.25, 0.3) is 0 Å². The molecule has 1 aliphatic heterocycles. The second-order valence-electron chi connectivity index (χ2n) is 16.3. The average molecular weight is 850 g/mol. The van der Waals surface area contributed by atoms with Gasteiger partial charge >= 0.3 is 24.2 Å². The van der Waals surface area contributed by atoms with E-state index in [9.17, 15) is 27.6 Å². The number of para-hydroxylation sites is 1. The second kappa shape index (κ2) is 18.3. The fraction of sp³-hybridized carbons (Fsp3) is 0.455. The Balaban J connectivity index is 1.37. The summed E-state index contributed by atoms with van der Waals surface area (Å²) in [6.07, 6.45) is -0.961. The number of hydrogen-bond acceptors (Lipinski definition) is 10. The molecule has 0 radical (unpaired) electrons. The number of ether oxygens (including phenoxy) is 3. The quantitative estimate of drug-likeness (QED) is 0.0631. The molecule has 2 aromatic carbocycles. The van der Waals surface area contributed by atoms with E-state index in [0.29, 0.717) is 59.2 Å². The van der Waals surface area contributed by atoms with Gasteiger partial charge in [0.2, 0.25) is 5.95 Å². The first-order valence-electron chi connectivity index (χ1n) is 20.3. The zero-order chi connectivity index (χ0) is 44.2. The van der Waals surface area contributed by atoms with Crippen LogP contribution < -0.4 is 10.2 Å². The maximum atomic E-state index is 17.1. The number of anilines is 1. The number of amides is 1. The third-order valence-corrected chi connectivity index (χ3v) is 10.1. The largest absolute Gasteiger partial charge is 0.465 e. The summed E-state index contributed by atoms with van der Waals surface area (Å²) < 4.78 is 75.3. The number of halogens is 4. The fourth-order valence-corrected chi connectivity index (χ4v) is 7.25. The predicted molar refractivity (Wildman–Crippen MR) is 219 cm³/mol. The first-order valence-corrected chi connectivity index (χ1v) is 20.3. The number of aromatic nitrogens is 5. The molecule has 1 atom stereocenters. The Labute approximate surface area is 351 Å². The average Bonchev–Trinajstić information content (AvgIpc) is 3.84. The minimum atomic E-state index is -4.60. The van der Waals surface area contributed by atoms with Crippen LogP contribution in [0, 0.1) is 11.7 Å². The van der Waals surface area contributed by atoms with E-state index in [1.165, 1.54) is 6.07 Å². The molecule has 1 aliphatic rings. The fourth-order valence-electron chi connectivity index (χ4n) is 7.25. The molecular weight excluding hydrogens is 799 g/mol. The lowest BCUT2D eigenvalue weighted by Crippen LogP contribution is -2.44. The van der Waals surface area contributed by atoms with Gasteiger partial charge in [-0.1, -0.05) is 45.9 Å². The Bertz CT molecular complexity index is 2360. The van der Waals surface area contributed by atoms with Crippen molar-refractivity contribution < 1.29 is 46.2 Å². The summed E-state index contributed by atoms with van der Waals surface area (Å²) in [5.41, 5.74) is 3.74. The maximum Gasteiger partial charge on any atom is 0.419 e. The number of aromatic amines is 1. The summed E-state index contributed by atoms with van der Waals surface area (Å²) in [6, 6.07) is 7.68. The van der Waals surface area contributed by atoms with E-state index >= 15 is 4.39 Å². The second-order valence-corrected chi connectivity index (χ2v) is 16.3. The Hall–Kier alpha value is -6.00. The third-order valence-electron chi connectivity index (χ3n) is 10.1. The van der Waals surface area contributed by atoms with Crippen LogP contribution in [-0.4, -0.2) is 67.6 Å². The predicted octanol–water partition coefficient (Wildman–Crippen LogP) is 8.57. The molecule has 4 heterocycles. The number of esters is 2. The molecule has 1 amide bonds. The minimum absolute atomic E-state index is 0.0943. The van der Waals surface area contributed by atoms with E-state index in [2.05, 4.69) is 20.3 Å². The van der Waals surface area contributed by atoms with Crippen LogP contribution >= 0.6 is 0 Å². The van der Waals surface area contributed by atoms with Crippen LogP contribution in [0.1, 0.15) is 94.8 Å². The van der Waals surface area contributed by atoms with Crippen molar-refractivity contribution in [1.82, 2.24) is 30.0 Å². The smallest absolute Gasteiger partial charge is 0.419 e. The Morgan fingerprint density at radius 1 is 0.984 bits per heavy atom. The van der Waals surface area contributed by atoms with Crippen molar-refractivity contribution in [3.8, 4) is 16.9 Å². The number of hydrogen-bond donors (Lipinski definition) is 2. The number of carbonyl (C=O) groups excluding carboxylic acids is 3. The van der Waals surface area contributed by atoms with E-state index in [4.69, 9.17) is 19.3 Å². The van der Waals surface area contributed by atoms with Gasteiger partial charge in [-0.25, -0.2) is 28.6 Å². The lowest BCUT2D eigenvalue weighted by Gasteiger charge is -2.27. The van der Waals surface area contributed by atoms with Gasteiger partial charge in [0.1, 0.15) is 24.1 Å². The molecule has 0 saturated heterocycles. The minimum Gasteiger partial charge on any atom is -0.465 e. The highest BCUT2D eigenvalue weighted by Crippen LogP contribution is 2.41. The SMILES string of the molecule is CCc1cccc(CC)c1-n1nc2c(c1-c1c(F)cc(COC(=O)[C@H](CCC(=O)OCC(C)C)NC(=O)OC(C)(C)C)c3[nH]ccc13)CN(c1ncc(C(F)(F)F)cn1)CC2. The van der Waals surface area contributed by atoms with Crippen LogP contribution in [-0.2, 0) is 62.4 Å². The molecule has 13 nitrogen and oxygen atoms in total. The van der Waals surface area contributed by atoms with Crippen LogP contribution in [0.4, 0.5) is 28.3 Å². The maximum absolute atomic E-state index is 17.1. The molecule has 0 unspecified atom stereocenters. The van der Waals surface area contributed by atoms with Gasteiger partial charge in [0.15, 0.2) is 0 Å². The first kappa shape index (κ1) is 44.5. The van der Waals surface area contributed by atoms with Crippen molar-refractivity contribution in [2.75, 3.05) is 18.1 Å². The molecule has 0 bridgehead atoms. The monoisotopic (exact) mass is 849 g/mol. The van der Waals surface area contributed by atoms with Crippen LogP contribution in [0.25, 0.3) is 27.8 Å².